The average molecular weight is 394 g/mol. The largest absolute Gasteiger partial charge is 0.496 e. The van der Waals surface area contributed by atoms with Crippen LogP contribution in [0.4, 0.5) is 11.4 Å². The lowest BCUT2D eigenvalue weighted by Crippen LogP contribution is -2.28. The van der Waals surface area contributed by atoms with Crippen LogP contribution >= 0.6 is 0 Å². The van der Waals surface area contributed by atoms with Gasteiger partial charge in [-0.2, -0.15) is 0 Å². The van der Waals surface area contributed by atoms with E-state index >= 15 is 0 Å². The van der Waals surface area contributed by atoms with Crippen LogP contribution in [0.15, 0.2) is 59.7 Å². The lowest BCUT2D eigenvalue weighted by molar-refractivity contribution is -0.384. The highest BCUT2D eigenvalue weighted by atomic mass is 16.6. The molecule has 1 heterocycles. The van der Waals surface area contributed by atoms with Crippen molar-refractivity contribution in [3.8, 4) is 17.0 Å². The number of nitro groups is 1. The number of nitro benzene ring substituents is 1. The van der Waals surface area contributed by atoms with Gasteiger partial charge in [0.2, 0.25) is 5.91 Å². The number of anilines is 1. The van der Waals surface area contributed by atoms with Crippen LogP contribution in [0.25, 0.3) is 11.3 Å². The van der Waals surface area contributed by atoms with Crippen molar-refractivity contribution < 1.29 is 14.5 Å². The summed E-state index contributed by atoms with van der Waals surface area (Å²) < 4.78 is 6.40. The first kappa shape index (κ1) is 19.7. The molecule has 0 spiro atoms. The second-order valence-electron chi connectivity index (χ2n) is 6.21. The van der Waals surface area contributed by atoms with Gasteiger partial charge in [-0.25, -0.2) is 4.98 Å². The van der Waals surface area contributed by atoms with Gasteiger partial charge in [0.25, 0.3) is 11.2 Å². The van der Waals surface area contributed by atoms with Gasteiger partial charge in [-0.05, 0) is 24.6 Å². The van der Waals surface area contributed by atoms with Gasteiger partial charge in [0.15, 0.2) is 0 Å². The Balaban J connectivity index is 1.82. The third-order valence-electron chi connectivity index (χ3n) is 4.29. The Kier molecular flexibility index (Phi) is 5.68. The standard InChI is InChI=1S/C20H18N4O5/c1-13-6-5-8-16(24(27)28)20(13)22-18(25)11-23-12-21-15(10-19(23)26)14-7-3-4-9-17(14)29-2/h3-10,12H,11H2,1-2H3,(H,22,25). The predicted octanol–water partition coefficient (Wildman–Crippen LogP) is 2.77. The van der Waals surface area contributed by atoms with E-state index in [1.54, 1.807) is 37.3 Å². The number of carbonyl (C=O) groups is 1. The van der Waals surface area contributed by atoms with Gasteiger partial charge in [0, 0.05) is 17.7 Å². The minimum atomic E-state index is -0.573. The number of hydrogen-bond donors (Lipinski definition) is 1. The number of rotatable bonds is 6. The van der Waals surface area contributed by atoms with Gasteiger partial charge in [-0.3, -0.25) is 24.3 Å². The summed E-state index contributed by atoms with van der Waals surface area (Å²) in [5, 5.41) is 13.7. The number of hydrogen-bond acceptors (Lipinski definition) is 6. The fourth-order valence-electron chi connectivity index (χ4n) is 2.85. The predicted molar refractivity (Wildman–Crippen MR) is 107 cm³/mol. The van der Waals surface area contributed by atoms with Crippen molar-refractivity contribution >= 4 is 17.3 Å². The summed E-state index contributed by atoms with van der Waals surface area (Å²) >= 11 is 0. The maximum atomic E-state index is 12.4. The summed E-state index contributed by atoms with van der Waals surface area (Å²) in [6.07, 6.45) is 1.26. The minimum Gasteiger partial charge on any atom is -0.496 e. The smallest absolute Gasteiger partial charge is 0.293 e. The first-order chi connectivity index (χ1) is 13.9. The number of nitrogens with one attached hydrogen (secondary N) is 1. The fraction of sp³-hybridized carbons (Fsp3) is 0.150. The van der Waals surface area contributed by atoms with Crippen LogP contribution in [0.5, 0.6) is 5.75 Å². The van der Waals surface area contributed by atoms with Crippen molar-refractivity contribution in [3.63, 3.8) is 0 Å². The molecule has 3 aromatic rings. The van der Waals surface area contributed by atoms with Crippen LogP contribution in [0, 0.1) is 17.0 Å². The summed E-state index contributed by atoms with van der Waals surface area (Å²) in [5.41, 5.74) is 1.07. The number of aryl methyl sites for hydroxylation is 1. The third-order valence-corrected chi connectivity index (χ3v) is 4.29. The zero-order valence-corrected chi connectivity index (χ0v) is 15.8. The minimum absolute atomic E-state index is 0.106. The van der Waals surface area contributed by atoms with E-state index in [9.17, 15) is 19.7 Å². The lowest BCUT2D eigenvalue weighted by Gasteiger charge is -2.11. The number of benzene rings is 2. The summed E-state index contributed by atoms with van der Waals surface area (Å²) in [6.45, 7) is 1.32. The number of methoxy groups -OCH3 is 1. The molecule has 148 valence electrons. The van der Waals surface area contributed by atoms with Crippen LogP contribution in [0.3, 0.4) is 0 Å². The van der Waals surface area contributed by atoms with Crippen LogP contribution in [-0.2, 0) is 11.3 Å². The summed E-state index contributed by atoms with van der Waals surface area (Å²) in [5.74, 6) is -0.00176. The van der Waals surface area contributed by atoms with Gasteiger partial charge in [-0.15, -0.1) is 0 Å². The number of aromatic nitrogens is 2. The quantitative estimate of drug-likeness (QED) is 0.508. The number of ether oxygens (including phenoxy) is 1. The van der Waals surface area contributed by atoms with E-state index < -0.39 is 16.4 Å². The van der Waals surface area contributed by atoms with Gasteiger partial charge in [0.1, 0.15) is 18.0 Å². The van der Waals surface area contributed by atoms with E-state index in [-0.39, 0.29) is 17.9 Å². The van der Waals surface area contributed by atoms with Gasteiger partial charge in [-0.1, -0.05) is 24.3 Å². The Bertz CT molecular complexity index is 1140. The molecule has 2 aromatic carbocycles. The summed E-state index contributed by atoms with van der Waals surface area (Å²) in [7, 11) is 1.52. The van der Waals surface area contributed by atoms with Gasteiger partial charge < -0.3 is 10.1 Å². The van der Waals surface area contributed by atoms with E-state index in [4.69, 9.17) is 4.74 Å². The molecule has 0 aliphatic carbocycles. The molecule has 0 atom stereocenters. The zero-order chi connectivity index (χ0) is 21.0. The van der Waals surface area contributed by atoms with E-state index in [2.05, 4.69) is 10.3 Å². The number of carbonyl (C=O) groups excluding carboxylic acids is 1. The fourth-order valence-corrected chi connectivity index (χ4v) is 2.85. The molecule has 1 aromatic heterocycles. The topological polar surface area (TPSA) is 116 Å². The first-order valence-electron chi connectivity index (χ1n) is 8.64. The molecule has 0 aliphatic rings. The highest BCUT2D eigenvalue weighted by Crippen LogP contribution is 2.28. The lowest BCUT2D eigenvalue weighted by atomic mass is 10.1. The van der Waals surface area contributed by atoms with Gasteiger partial charge in [0.05, 0.1) is 24.1 Å². The van der Waals surface area contributed by atoms with E-state index in [0.29, 0.717) is 22.6 Å². The Labute approximate surface area is 165 Å². The van der Waals surface area contributed by atoms with E-state index in [1.807, 2.05) is 0 Å². The molecule has 1 N–H and O–H groups in total. The third kappa shape index (κ3) is 4.29. The molecule has 0 bridgehead atoms. The van der Waals surface area contributed by atoms with Crippen molar-refractivity contribution in [2.45, 2.75) is 13.5 Å². The van der Waals surface area contributed by atoms with Crippen molar-refractivity contribution in [2.24, 2.45) is 0 Å². The first-order valence-corrected chi connectivity index (χ1v) is 8.64. The second kappa shape index (κ2) is 8.34. The number of para-hydroxylation sites is 2. The van der Waals surface area contributed by atoms with E-state index in [1.165, 1.54) is 31.6 Å². The Morgan fingerprint density at radius 1 is 1.24 bits per heavy atom. The maximum Gasteiger partial charge on any atom is 0.293 e. The van der Waals surface area contributed by atoms with Crippen molar-refractivity contribution in [3.05, 3.63) is 80.9 Å². The summed E-state index contributed by atoms with van der Waals surface area (Å²) in [4.78, 5) is 39.6. The number of nitrogens with zero attached hydrogens (tertiary/aromatic N) is 3. The molecular formula is C20H18N4O5. The molecule has 0 fully saturated rings. The molecule has 0 saturated carbocycles. The zero-order valence-electron chi connectivity index (χ0n) is 15.8. The van der Waals surface area contributed by atoms with Crippen LogP contribution < -0.4 is 15.6 Å². The van der Waals surface area contributed by atoms with Gasteiger partial charge >= 0.3 is 0 Å². The highest BCUT2D eigenvalue weighted by molar-refractivity contribution is 5.94. The SMILES string of the molecule is COc1ccccc1-c1cc(=O)n(CC(=O)Nc2c(C)cccc2[N+](=O)[O-])cn1. The van der Waals surface area contributed by atoms with Crippen molar-refractivity contribution in [1.29, 1.82) is 0 Å². The normalized spacial score (nSPS) is 10.4. The molecule has 0 saturated heterocycles. The van der Waals surface area contributed by atoms with Crippen LogP contribution in [-0.4, -0.2) is 27.5 Å². The van der Waals surface area contributed by atoms with E-state index in [0.717, 1.165) is 4.57 Å². The molecule has 9 heteroatoms. The summed E-state index contributed by atoms with van der Waals surface area (Å²) in [6, 6.07) is 12.9. The Hall–Kier alpha value is -4.01. The maximum absolute atomic E-state index is 12.4. The molecule has 1 amide bonds. The molecule has 0 radical (unpaired) electrons. The van der Waals surface area contributed by atoms with Crippen LogP contribution in [0.1, 0.15) is 5.56 Å². The Morgan fingerprint density at radius 3 is 2.69 bits per heavy atom. The average Bonchev–Trinajstić information content (AvgIpc) is 2.70. The molecule has 0 aliphatic heterocycles. The molecular weight excluding hydrogens is 376 g/mol. The monoisotopic (exact) mass is 394 g/mol. The molecule has 0 unspecified atom stereocenters. The molecule has 3 rings (SSSR count). The molecule has 29 heavy (non-hydrogen) atoms. The number of amides is 1. The second-order valence-corrected chi connectivity index (χ2v) is 6.21. The highest BCUT2D eigenvalue weighted by Gasteiger charge is 2.18. The van der Waals surface area contributed by atoms with Crippen LogP contribution in [0.2, 0.25) is 0 Å². The van der Waals surface area contributed by atoms with Crippen molar-refractivity contribution in [1.82, 2.24) is 9.55 Å². The molecule has 9 nitrogen and oxygen atoms in total. The van der Waals surface area contributed by atoms with Crippen molar-refractivity contribution in [2.75, 3.05) is 12.4 Å². The Morgan fingerprint density at radius 2 is 2.00 bits per heavy atom.